The first kappa shape index (κ1) is 15.3. The first-order valence-electron chi connectivity index (χ1n) is 5.67. The number of nitrogens with two attached hydrogens (primary N) is 1. The van der Waals surface area contributed by atoms with Crippen molar-refractivity contribution in [1.82, 2.24) is 0 Å². The third-order valence-corrected chi connectivity index (χ3v) is 3.56. The molecule has 2 heterocycles. The smallest absolute Gasteiger partial charge is 0.286 e. The summed E-state index contributed by atoms with van der Waals surface area (Å²) in [5, 5.41) is 13.0. The Morgan fingerprint density at radius 1 is 1.29 bits per heavy atom. The zero-order chi connectivity index (χ0) is 14.2. The lowest BCUT2D eigenvalue weighted by Gasteiger charge is -2.04. The summed E-state index contributed by atoms with van der Waals surface area (Å²) in [5.41, 5.74) is 0.541. The average molecular weight is 327 g/mol. The van der Waals surface area contributed by atoms with Gasteiger partial charge in [0.1, 0.15) is 12.4 Å². The minimum absolute atomic E-state index is 0. The number of sulfonamides is 1. The number of hydrogen-bond acceptors (Lipinski definition) is 6. The Bertz CT molecular complexity index is 784. The van der Waals surface area contributed by atoms with Gasteiger partial charge in [-0.25, -0.2) is 13.6 Å². The SMILES string of the molecule is NS(=O)(=O)c1cccc(NC2=N[NH+]3C=CN=CC3=N2)c1.[Cl-]. The summed E-state index contributed by atoms with van der Waals surface area (Å²) in [6.45, 7) is 0. The highest BCUT2D eigenvalue weighted by atomic mass is 35.5. The van der Waals surface area contributed by atoms with E-state index in [0.717, 1.165) is 0 Å². The molecule has 10 heteroatoms. The van der Waals surface area contributed by atoms with Gasteiger partial charge in [-0.1, -0.05) is 6.07 Å². The van der Waals surface area contributed by atoms with Crippen LogP contribution in [0, 0.1) is 0 Å². The lowest BCUT2D eigenvalue weighted by atomic mass is 10.3. The van der Waals surface area contributed by atoms with Crippen molar-refractivity contribution in [3.8, 4) is 0 Å². The molecule has 0 aliphatic carbocycles. The molecule has 0 saturated carbocycles. The van der Waals surface area contributed by atoms with Crippen LogP contribution < -0.4 is 27.9 Å². The molecule has 3 rings (SSSR count). The number of quaternary nitrogens is 1. The molecule has 110 valence electrons. The third kappa shape index (κ3) is 3.34. The van der Waals surface area contributed by atoms with E-state index in [2.05, 4.69) is 20.4 Å². The molecule has 0 radical (unpaired) electrons. The van der Waals surface area contributed by atoms with E-state index in [9.17, 15) is 8.42 Å². The molecule has 1 aromatic rings. The molecule has 2 aliphatic heterocycles. The van der Waals surface area contributed by atoms with E-state index in [1.54, 1.807) is 30.7 Å². The van der Waals surface area contributed by atoms with Gasteiger partial charge >= 0.3 is 0 Å². The maximum atomic E-state index is 11.3. The van der Waals surface area contributed by atoms with Crippen molar-refractivity contribution < 1.29 is 25.8 Å². The van der Waals surface area contributed by atoms with E-state index >= 15 is 0 Å². The van der Waals surface area contributed by atoms with Gasteiger partial charge in [-0.05, 0) is 23.3 Å². The molecule has 2 aliphatic rings. The summed E-state index contributed by atoms with van der Waals surface area (Å²) in [6, 6.07) is 6.14. The lowest BCUT2D eigenvalue weighted by Crippen LogP contribution is -3.05. The minimum atomic E-state index is -3.73. The summed E-state index contributed by atoms with van der Waals surface area (Å²) in [4.78, 5) is 8.22. The Morgan fingerprint density at radius 2 is 2.10 bits per heavy atom. The van der Waals surface area contributed by atoms with E-state index < -0.39 is 10.0 Å². The predicted molar refractivity (Wildman–Crippen MR) is 74.9 cm³/mol. The van der Waals surface area contributed by atoms with Crippen molar-refractivity contribution in [1.29, 1.82) is 0 Å². The maximum Gasteiger partial charge on any atom is 0.286 e. The Hall–Kier alpha value is -2.07. The average Bonchev–Trinajstić information content (AvgIpc) is 2.80. The second kappa shape index (κ2) is 5.74. The number of aliphatic imine (C=N–C) groups is 2. The van der Waals surface area contributed by atoms with Gasteiger partial charge in [0.15, 0.2) is 0 Å². The summed E-state index contributed by atoms with van der Waals surface area (Å²) in [6.07, 6.45) is 4.98. The molecule has 4 N–H and O–H groups in total. The zero-order valence-corrected chi connectivity index (χ0v) is 12.1. The van der Waals surface area contributed by atoms with Crippen LogP contribution in [0.25, 0.3) is 0 Å². The van der Waals surface area contributed by atoms with Crippen LogP contribution in [0.15, 0.2) is 56.6 Å². The second-order valence-corrected chi connectivity index (χ2v) is 5.67. The van der Waals surface area contributed by atoms with Crippen LogP contribution in [0.5, 0.6) is 0 Å². The highest BCUT2D eigenvalue weighted by molar-refractivity contribution is 7.89. The topological polar surface area (TPSA) is 114 Å². The number of benzene rings is 1. The molecule has 0 amide bonds. The summed E-state index contributed by atoms with van der Waals surface area (Å²) < 4.78 is 22.6. The third-order valence-electron chi connectivity index (χ3n) is 2.65. The highest BCUT2D eigenvalue weighted by Crippen LogP contribution is 2.14. The first-order chi connectivity index (χ1) is 9.52. The monoisotopic (exact) mass is 326 g/mol. The number of rotatable bonds is 2. The van der Waals surface area contributed by atoms with Crippen LogP contribution in [-0.4, -0.2) is 26.4 Å². The molecule has 1 aromatic carbocycles. The summed E-state index contributed by atoms with van der Waals surface area (Å²) in [7, 11) is -3.73. The second-order valence-electron chi connectivity index (χ2n) is 4.11. The molecule has 0 fully saturated rings. The van der Waals surface area contributed by atoms with Crippen molar-refractivity contribution in [2.75, 3.05) is 5.32 Å². The molecule has 0 spiro atoms. The number of halogens is 1. The van der Waals surface area contributed by atoms with E-state index in [1.165, 1.54) is 12.1 Å². The van der Waals surface area contributed by atoms with E-state index in [0.29, 0.717) is 22.5 Å². The Morgan fingerprint density at radius 3 is 2.81 bits per heavy atom. The van der Waals surface area contributed by atoms with Gasteiger partial charge in [-0.3, -0.25) is 4.99 Å². The normalized spacial score (nSPS) is 19.4. The van der Waals surface area contributed by atoms with E-state index in [4.69, 9.17) is 5.14 Å². The number of nitrogens with zero attached hydrogens (tertiary/aromatic N) is 3. The van der Waals surface area contributed by atoms with Gasteiger partial charge in [0, 0.05) is 5.69 Å². The fourth-order valence-corrected chi connectivity index (χ4v) is 2.31. The number of anilines is 1. The molecule has 21 heavy (non-hydrogen) atoms. The Balaban J connectivity index is 0.00000161. The summed E-state index contributed by atoms with van der Waals surface area (Å²) in [5.74, 6) is 1.04. The molecule has 0 bridgehead atoms. The quantitative estimate of drug-likeness (QED) is 0.513. The van der Waals surface area contributed by atoms with Crippen LogP contribution >= 0.6 is 0 Å². The molecule has 1 unspecified atom stereocenters. The molecule has 0 aromatic heterocycles. The van der Waals surface area contributed by atoms with Crippen molar-refractivity contribution in [3.05, 3.63) is 36.7 Å². The van der Waals surface area contributed by atoms with Crippen LogP contribution in [0.1, 0.15) is 0 Å². The minimum Gasteiger partial charge on any atom is -1.00 e. The predicted octanol–water partition coefficient (Wildman–Crippen LogP) is -4.13. The van der Waals surface area contributed by atoms with Gasteiger partial charge in [-0.15, -0.1) is 5.01 Å². The Labute approximate surface area is 127 Å². The molecular formula is C11H11ClN6O2S. The van der Waals surface area contributed by atoms with Crippen LogP contribution in [-0.2, 0) is 10.0 Å². The summed E-state index contributed by atoms with van der Waals surface area (Å²) >= 11 is 0. The van der Waals surface area contributed by atoms with Crippen LogP contribution in [0.3, 0.4) is 0 Å². The fourth-order valence-electron chi connectivity index (χ4n) is 1.75. The van der Waals surface area contributed by atoms with Gasteiger partial charge in [0.2, 0.25) is 10.0 Å². The maximum absolute atomic E-state index is 11.3. The number of amidine groups is 1. The lowest BCUT2D eigenvalue weighted by molar-refractivity contribution is -0.748. The zero-order valence-electron chi connectivity index (χ0n) is 10.6. The van der Waals surface area contributed by atoms with E-state index in [-0.39, 0.29) is 17.3 Å². The number of guanidine groups is 1. The first-order valence-corrected chi connectivity index (χ1v) is 7.21. The largest absolute Gasteiger partial charge is 1.00 e. The number of hydrogen-bond donors (Lipinski definition) is 3. The molecule has 8 nitrogen and oxygen atoms in total. The van der Waals surface area contributed by atoms with Crippen LogP contribution in [0.2, 0.25) is 0 Å². The molecule has 1 atom stereocenters. The van der Waals surface area contributed by atoms with Crippen molar-refractivity contribution in [2.24, 2.45) is 20.2 Å². The molecule has 0 saturated heterocycles. The van der Waals surface area contributed by atoms with Crippen LogP contribution in [0.4, 0.5) is 5.69 Å². The van der Waals surface area contributed by atoms with Crippen molar-refractivity contribution in [2.45, 2.75) is 4.90 Å². The van der Waals surface area contributed by atoms with Gasteiger partial charge in [-0.2, -0.15) is 4.99 Å². The standard InChI is InChI=1S/C11H10N6O2S.ClH/c12-20(18,19)9-3-1-2-8(6-9)14-11-15-10-7-13-4-5-17(10)16-11;/h1-7H,(H,14,16)(H2,12,18,19);1H. The number of primary sulfonamides is 1. The van der Waals surface area contributed by atoms with E-state index in [1.807, 2.05) is 0 Å². The fraction of sp³-hybridized carbons (Fsp3) is 0. The van der Waals surface area contributed by atoms with Crippen molar-refractivity contribution in [3.63, 3.8) is 0 Å². The highest BCUT2D eigenvalue weighted by Gasteiger charge is 2.24. The van der Waals surface area contributed by atoms with Crippen molar-refractivity contribution >= 4 is 33.7 Å². The van der Waals surface area contributed by atoms with Gasteiger partial charge < -0.3 is 17.7 Å². The molecular weight excluding hydrogens is 316 g/mol. The van der Waals surface area contributed by atoms with Gasteiger partial charge in [0.25, 0.3) is 11.8 Å². The Kier molecular flexibility index (Phi) is 4.19. The number of fused-ring (bicyclic) bond motifs is 1. The van der Waals surface area contributed by atoms with Gasteiger partial charge in [0.05, 0.1) is 11.1 Å². The number of nitrogens with one attached hydrogen (secondary N) is 2.